The lowest BCUT2D eigenvalue weighted by Gasteiger charge is -2.14. The van der Waals surface area contributed by atoms with Gasteiger partial charge in [0.2, 0.25) is 0 Å². The van der Waals surface area contributed by atoms with Crippen molar-refractivity contribution >= 4 is 5.69 Å². The first-order valence-corrected chi connectivity index (χ1v) is 6.62. The normalized spacial score (nSPS) is 10.2. The minimum Gasteiger partial charge on any atom is -0.385 e. The molecule has 0 atom stereocenters. The molecular formula is C16H18N4. The number of hydrogen-bond acceptors (Lipinski definition) is 4. The molecule has 0 unspecified atom stereocenters. The Hall–Kier alpha value is -2.51. The molecular weight excluding hydrogens is 248 g/mol. The zero-order valence-corrected chi connectivity index (χ0v) is 11.9. The van der Waals surface area contributed by atoms with Crippen LogP contribution in [0.25, 0.3) is 0 Å². The van der Waals surface area contributed by atoms with Crippen molar-refractivity contribution in [1.29, 1.82) is 15.8 Å². The summed E-state index contributed by atoms with van der Waals surface area (Å²) in [6.07, 6.45) is 2.82. The van der Waals surface area contributed by atoms with Gasteiger partial charge in [-0.3, -0.25) is 0 Å². The van der Waals surface area contributed by atoms with Crippen molar-refractivity contribution in [2.75, 3.05) is 11.9 Å². The van der Waals surface area contributed by atoms with Gasteiger partial charge in [-0.2, -0.15) is 15.8 Å². The average Bonchev–Trinajstić information content (AvgIpc) is 2.46. The Kier molecular flexibility index (Phi) is 5.57. The lowest BCUT2D eigenvalue weighted by Crippen LogP contribution is -2.09. The van der Waals surface area contributed by atoms with Crippen LogP contribution < -0.4 is 5.32 Å². The molecule has 0 fully saturated rings. The second kappa shape index (κ2) is 7.17. The maximum Gasteiger partial charge on any atom is 0.101 e. The standard InChI is InChI=1S/C16H18N4/c1-16(2,12-19)7-3-4-8-20-15-6-5-13(10-17)14(9-15)11-18/h5-6,9,20H,3-4,7-8H2,1-2H3. The molecule has 1 N–H and O–H groups in total. The number of hydrogen-bond donors (Lipinski definition) is 1. The molecule has 4 nitrogen and oxygen atoms in total. The summed E-state index contributed by atoms with van der Waals surface area (Å²) in [7, 11) is 0. The number of nitrogens with one attached hydrogen (secondary N) is 1. The van der Waals surface area contributed by atoms with Gasteiger partial charge in [0.25, 0.3) is 0 Å². The highest BCUT2D eigenvalue weighted by Crippen LogP contribution is 2.21. The van der Waals surface area contributed by atoms with Gasteiger partial charge in [0.1, 0.15) is 12.1 Å². The lowest BCUT2D eigenvalue weighted by atomic mass is 9.89. The van der Waals surface area contributed by atoms with Crippen molar-refractivity contribution in [2.45, 2.75) is 33.1 Å². The van der Waals surface area contributed by atoms with Gasteiger partial charge in [0, 0.05) is 12.2 Å². The first kappa shape index (κ1) is 15.5. The molecule has 0 saturated heterocycles. The van der Waals surface area contributed by atoms with Gasteiger partial charge in [0.05, 0.1) is 22.6 Å². The second-order valence-electron chi connectivity index (χ2n) is 5.36. The van der Waals surface area contributed by atoms with Crippen LogP contribution in [0.1, 0.15) is 44.2 Å². The number of rotatable bonds is 6. The topological polar surface area (TPSA) is 83.4 Å². The third-order valence-electron chi connectivity index (χ3n) is 3.12. The van der Waals surface area contributed by atoms with E-state index in [1.54, 1.807) is 18.2 Å². The van der Waals surface area contributed by atoms with Crippen LogP contribution in [0.4, 0.5) is 5.69 Å². The molecule has 0 aliphatic rings. The number of anilines is 1. The fourth-order valence-electron chi connectivity index (χ4n) is 1.82. The van der Waals surface area contributed by atoms with Crippen LogP contribution in [-0.2, 0) is 0 Å². The van der Waals surface area contributed by atoms with Crippen molar-refractivity contribution < 1.29 is 0 Å². The van der Waals surface area contributed by atoms with E-state index >= 15 is 0 Å². The van der Waals surface area contributed by atoms with Crippen molar-refractivity contribution in [3.05, 3.63) is 29.3 Å². The van der Waals surface area contributed by atoms with Gasteiger partial charge in [-0.05, 0) is 44.9 Å². The molecule has 1 aromatic carbocycles. The maximum absolute atomic E-state index is 8.94. The fourth-order valence-corrected chi connectivity index (χ4v) is 1.82. The minimum atomic E-state index is -0.261. The first-order valence-electron chi connectivity index (χ1n) is 6.62. The highest BCUT2D eigenvalue weighted by Gasteiger charge is 2.15. The average molecular weight is 266 g/mol. The van der Waals surface area contributed by atoms with E-state index in [0.29, 0.717) is 11.1 Å². The van der Waals surface area contributed by atoms with Crippen LogP contribution in [0.15, 0.2) is 18.2 Å². The Balaban J connectivity index is 2.43. The SMILES string of the molecule is CC(C)(C#N)CCCCNc1ccc(C#N)c(C#N)c1. The fraction of sp³-hybridized carbons (Fsp3) is 0.438. The van der Waals surface area contributed by atoms with E-state index in [9.17, 15) is 0 Å². The highest BCUT2D eigenvalue weighted by atomic mass is 14.9. The summed E-state index contributed by atoms with van der Waals surface area (Å²) in [5, 5.41) is 29.9. The zero-order valence-electron chi connectivity index (χ0n) is 11.9. The quantitative estimate of drug-likeness (QED) is 0.798. The summed E-state index contributed by atoms with van der Waals surface area (Å²) in [4.78, 5) is 0. The molecule has 102 valence electrons. The summed E-state index contributed by atoms with van der Waals surface area (Å²) in [5.74, 6) is 0. The summed E-state index contributed by atoms with van der Waals surface area (Å²) in [6.45, 7) is 4.68. The van der Waals surface area contributed by atoms with E-state index in [4.69, 9.17) is 15.8 Å². The van der Waals surface area contributed by atoms with E-state index in [1.165, 1.54) is 0 Å². The molecule has 0 saturated carbocycles. The Bertz CT molecular complexity index is 582. The molecule has 0 aromatic heterocycles. The second-order valence-corrected chi connectivity index (χ2v) is 5.36. The van der Waals surface area contributed by atoms with Crippen LogP contribution in [0, 0.1) is 39.4 Å². The third kappa shape index (κ3) is 4.63. The summed E-state index contributed by atoms with van der Waals surface area (Å²) >= 11 is 0. The molecule has 0 amide bonds. The predicted octanol–water partition coefficient (Wildman–Crippen LogP) is 3.56. The minimum absolute atomic E-state index is 0.261. The van der Waals surface area contributed by atoms with Crippen LogP contribution >= 0.6 is 0 Å². The molecule has 0 aliphatic heterocycles. The van der Waals surface area contributed by atoms with Crippen molar-refractivity contribution in [3.8, 4) is 18.2 Å². The van der Waals surface area contributed by atoms with Crippen molar-refractivity contribution in [2.24, 2.45) is 5.41 Å². The van der Waals surface area contributed by atoms with Crippen LogP contribution in [0.2, 0.25) is 0 Å². The molecule has 1 aromatic rings. The summed E-state index contributed by atoms with van der Waals surface area (Å²) in [6, 6.07) is 11.4. The molecule has 0 aliphatic carbocycles. The first-order chi connectivity index (χ1) is 9.52. The van der Waals surface area contributed by atoms with Crippen LogP contribution in [0.3, 0.4) is 0 Å². The molecule has 0 bridgehead atoms. The predicted molar refractivity (Wildman–Crippen MR) is 77.6 cm³/mol. The Morgan fingerprint density at radius 2 is 1.75 bits per heavy atom. The van der Waals surface area contributed by atoms with Crippen LogP contribution in [0.5, 0.6) is 0 Å². The van der Waals surface area contributed by atoms with Crippen molar-refractivity contribution in [3.63, 3.8) is 0 Å². The monoisotopic (exact) mass is 266 g/mol. The number of nitrogens with zero attached hydrogens (tertiary/aromatic N) is 3. The third-order valence-corrected chi connectivity index (χ3v) is 3.12. The largest absolute Gasteiger partial charge is 0.385 e. The van der Waals surface area contributed by atoms with Gasteiger partial charge in [-0.1, -0.05) is 6.42 Å². The zero-order chi connectivity index (χ0) is 15.0. The summed E-state index contributed by atoms with van der Waals surface area (Å²) in [5.41, 5.74) is 1.37. The van der Waals surface area contributed by atoms with Gasteiger partial charge in [0.15, 0.2) is 0 Å². The van der Waals surface area contributed by atoms with E-state index in [1.807, 2.05) is 26.0 Å². The van der Waals surface area contributed by atoms with E-state index in [-0.39, 0.29) is 5.41 Å². The number of benzene rings is 1. The molecule has 0 spiro atoms. The highest BCUT2D eigenvalue weighted by molar-refractivity contribution is 5.56. The maximum atomic E-state index is 8.94. The van der Waals surface area contributed by atoms with Gasteiger partial charge >= 0.3 is 0 Å². The van der Waals surface area contributed by atoms with Gasteiger partial charge in [-0.25, -0.2) is 0 Å². The van der Waals surface area contributed by atoms with E-state index in [0.717, 1.165) is 31.5 Å². The van der Waals surface area contributed by atoms with E-state index < -0.39 is 0 Å². The number of unbranched alkanes of at least 4 members (excludes halogenated alkanes) is 1. The molecule has 0 radical (unpaired) electrons. The van der Waals surface area contributed by atoms with Gasteiger partial charge in [-0.15, -0.1) is 0 Å². The lowest BCUT2D eigenvalue weighted by molar-refractivity contribution is 0.430. The number of nitriles is 3. The van der Waals surface area contributed by atoms with E-state index in [2.05, 4.69) is 11.4 Å². The van der Waals surface area contributed by atoms with Crippen molar-refractivity contribution in [1.82, 2.24) is 0 Å². The van der Waals surface area contributed by atoms with Crippen LogP contribution in [-0.4, -0.2) is 6.54 Å². The summed E-state index contributed by atoms with van der Waals surface area (Å²) < 4.78 is 0. The Labute approximate surface area is 120 Å². The molecule has 20 heavy (non-hydrogen) atoms. The Morgan fingerprint density at radius 1 is 1.05 bits per heavy atom. The van der Waals surface area contributed by atoms with Gasteiger partial charge < -0.3 is 5.32 Å². The molecule has 1 rings (SSSR count). The molecule has 0 heterocycles. The smallest absolute Gasteiger partial charge is 0.101 e. The Morgan fingerprint density at radius 3 is 2.35 bits per heavy atom. The molecule has 4 heteroatoms.